The van der Waals surface area contributed by atoms with Gasteiger partial charge in [-0.1, -0.05) is 54.6 Å². The number of aromatic hydroxyl groups is 1. The topological polar surface area (TPSA) is 122 Å². The summed E-state index contributed by atoms with van der Waals surface area (Å²) in [6.45, 7) is 6.00. The monoisotopic (exact) mass is 766 g/mol. The zero-order valence-electron chi connectivity index (χ0n) is 30.8. The maximum absolute atomic E-state index is 15.2. The van der Waals surface area contributed by atoms with Gasteiger partial charge in [0, 0.05) is 40.4 Å². The molecule has 280 valence electrons. The van der Waals surface area contributed by atoms with Gasteiger partial charge < -0.3 is 9.84 Å². The van der Waals surface area contributed by atoms with Crippen LogP contribution in [0.25, 0.3) is 20.7 Å². The summed E-state index contributed by atoms with van der Waals surface area (Å²) in [7, 11) is 1.73. The molecular weight excluding hydrogens is 724 g/mol. The van der Waals surface area contributed by atoms with Crippen molar-refractivity contribution in [2.24, 2.45) is 36.1 Å². The number of phenolic OH excluding ortho intramolecular Hbond substituents is 1. The highest BCUT2D eigenvalue weighted by atomic mass is 35.5. The van der Waals surface area contributed by atoms with Crippen molar-refractivity contribution in [3.63, 3.8) is 0 Å². The van der Waals surface area contributed by atoms with Crippen molar-refractivity contribution in [3.8, 4) is 22.1 Å². The number of aromatic nitrogens is 2. The van der Waals surface area contributed by atoms with Crippen LogP contribution in [0.1, 0.15) is 75.8 Å². The third kappa shape index (κ3) is 4.92. The molecule has 4 aromatic rings. The van der Waals surface area contributed by atoms with Crippen LogP contribution in [0.4, 0.5) is 5.82 Å². The molecule has 12 heteroatoms. The predicted molar refractivity (Wildman–Crippen MR) is 206 cm³/mol. The standard InChI is InChI=1S/C42H43ClN4O6S/c1-5-53-31-13-9-12-26(36(31)48)35-24-15-16-25-34(40(51)46(38(25)49)23-10-7-6-8-11-23)28(24)19-29-39(50)47(41(52)42(29,35)3)33-20-30(44-45(33)4)37-21(2)27-18-22(43)14-17-32(27)54-37/h9,12-15,17-18,20,23,25,28-29,34-35,48H,5-8,10-11,16,19H2,1-4H3/t25-,28+,29-,34-,35+,42+/m0/s1. The molecule has 5 aliphatic rings. The summed E-state index contributed by atoms with van der Waals surface area (Å²) in [5, 5.41) is 18.3. The van der Waals surface area contributed by atoms with Crippen LogP contribution in [0, 0.1) is 36.0 Å². The lowest BCUT2D eigenvalue weighted by atomic mass is 9.51. The van der Waals surface area contributed by atoms with Gasteiger partial charge in [-0.15, -0.1) is 11.3 Å². The molecule has 0 unspecified atom stereocenters. The van der Waals surface area contributed by atoms with E-state index in [1.807, 2.05) is 45.0 Å². The molecule has 4 heterocycles. The summed E-state index contributed by atoms with van der Waals surface area (Å²) >= 11 is 7.90. The number of fused-ring (bicyclic) bond motifs is 5. The molecule has 4 fully saturated rings. The summed E-state index contributed by atoms with van der Waals surface area (Å²) in [5.74, 6) is -3.68. The first kappa shape index (κ1) is 35.2. The SMILES string of the molecule is CCOc1cccc([C@H]2C3=CC[C@@H]4C(=O)N(C5CCCCC5)C(=O)[C@@H]4[C@@H]3C[C@H]3C(=O)N(c4cc(-c5sc6ccc(Cl)cc6c5C)nn4C)C(=O)[C@@]23C)c1O. The maximum Gasteiger partial charge on any atom is 0.242 e. The first-order valence-corrected chi connectivity index (χ1v) is 20.3. The Morgan fingerprint density at radius 1 is 1.02 bits per heavy atom. The Morgan fingerprint density at radius 3 is 2.56 bits per heavy atom. The second-order valence-corrected chi connectivity index (χ2v) is 17.3. The Labute approximate surface area is 322 Å². The number of halogens is 1. The van der Waals surface area contributed by atoms with Crippen LogP contribution in [0.15, 0.2) is 54.1 Å². The molecule has 3 aliphatic carbocycles. The van der Waals surface area contributed by atoms with E-state index >= 15 is 4.79 Å². The smallest absolute Gasteiger partial charge is 0.242 e. The van der Waals surface area contributed by atoms with Gasteiger partial charge in [0.15, 0.2) is 11.5 Å². The highest BCUT2D eigenvalue weighted by molar-refractivity contribution is 7.22. The highest BCUT2D eigenvalue weighted by Crippen LogP contribution is 2.65. The quantitative estimate of drug-likeness (QED) is 0.156. The molecule has 0 spiro atoms. The van der Waals surface area contributed by atoms with Crippen molar-refractivity contribution in [2.45, 2.75) is 77.7 Å². The Morgan fingerprint density at radius 2 is 1.80 bits per heavy atom. The van der Waals surface area contributed by atoms with Gasteiger partial charge in [0.05, 0.1) is 34.7 Å². The van der Waals surface area contributed by atoms with Crippen LogP contribution >= 0.6 is 22.9 Å². The minimum atomic E-state index is -1.32. The van der Waals surface area contributed by atoms with E-state index in [-0.39, 0.29) is 41.7 Å². The van der Waals surface area contributed by atoms with Gasteiger partial charge in [-0.2, -0.15) is 5.10 Å². The van der Waals surface area contributed by atoms with E-state index in [0.717, 1.165) is 58.2 Å². The molecule has 2 saturated carbocycles. The number of carbonyl (C=O) groups excluding carboxylic acids is 4. The molecule has 0 radical (unpaired) electrons. The molecule has 4 amide bonds. The highest BCUT2D eigenvalue weighted by Gasteiger charge is 2.68. The van der Waals surface area contributed by atoms with Gasteiger partial charge in [0.25, 0.3) is 0 Å². The first-order valence-electron chi connectivity index (χ1n) is 19.1. The molecule has 0 bridgehead atoms. The lowest BCUT2D eigenvalue weighted by Gasteiger charge is -2.49. The van der Waals surface area contributed by atoms with Crippen LogP contribution in [0.5, 0.6) is 11.5 Å². The van der Waals surface area contributed by atoms with E-state index in [1.165, 1.54) is 4.90 Å². The number of phenols is 1. The first-order chi connectivity index (χ1) is 25.9. The Bertz CT molecular complexity index is 2310. The number of ether oxygens (including phenoxy) is 1. The van der Waals surface area contributed by atoms with E-state index in [9.17, 15) is 19.5 Å². The molecule has 10 nitrogen and oxygen atoms in total. The normalized spacial score (nSPS) is 28.5. The second-order valence-electron chi connectivity index (χ2n) is 15.8. The number of benzene rings is 2. The zero-order chi connectivity index (χ0) is 37.8. The van der Waals surface area contributed by atoms with Gasteiger partial charge in [0.1, 0.15) is 11.5 Å². The van der Waals surface area contributed by atoms with E-state index in [2.05, 4.69) is 0 Å². The number of allylic oxidation sites excluding steroid dienone is 2. The minimum absolute atomic E-state index is 0.0903. The average molecular weight is 767 g/mol. The summed E-state index contributed by atoms with van der Waals surface area (Å²) in [6, 6.07) is 12.7. The fourth-order valence-corrected chi connectivity index (χ4v) is 11.9. The fraction of sp³-hybridized carbons (Fsp3) is 0.452. The Balaban J connectivity index is 1.16. The van der Waals surface area contributed by atoms with E-state index in [1.54, 1.807) is 52.2 Å². The van der Waals surface area contributed by atoms with Crippen molar-refractivity contribution in [2.75, 3.05) is 11.5 Å². The molecule has 54 heavy (non-hydrogen) atoms. The molecule has 2 saturated heterocycles. The van der Waals surface area contributed by atoms with Gasteiger partial charge in [-0.3, -0.25) is 28.8 Å². The van der Waals surface area contributed by atoms with Gasteiger partial charge in [-0.05, 0) is 87.6 Å². The summed E-state index contributed by atoms with van der Waals surface area (Å²) in [4.78, 5) is 62.4. The lowest BCUT2D eigenvalue weighted by molar-refractivity contribution is -0.144. The second kappa shape index (κ2) is 12.8. The number of amides is 4. The van der Waals surface area contributed by atoms with Crippen molar-refractivity contribution in [1.82, 2.24) is 14.7 Å². The molecule has 1 N–H and O–H groups in total. The van der Waals surface area contributed by atoms with E-state index < -0.39 is 40.9 Å². The molecular formula is C42H43ClN4O6S. The lowest BCUT2D eigenvalue weighted by Crippen LogP contribution is -2.49. The van der Waals surface area contributed by atoms with Crippen molar-refractivity contribution in [3.05, 3.63) is 70.3 Å². The van der Waals surface area contributed by atoms with Crippen LogP contribution in [-0.2, 0) is 26.2 Å². The largest absolute Gasteiger partial charge is 0.504 e. The molecule has 2 aromatic heterocycles. The van der Waals surface area contributed by atoms with Crippen LogP contribution in [-0.4, -0.2) is 56.1 Å². The van der Waals surface area contributed by atoms with Gasteiger partial charge in [0.2, 0.25) is 23.6 Å². The van der Waals surface area contributed by atoms with Crippen molar-refractivity contribution < 1.29 is 29.0 Å². The number of thiophene rings is 1. The Hall–Kier alpha value is -4.48. The molecule has 2 aliphatic heterocycles. The third-order valence-corrected chi connectivity index (χ3v) is 14.6. The summed E-state index contributed by atoms with van der Waals surface area (Å²) in [6.07, 6.45) is 7.33. The maximum atomic E-state index is 15.2. The molecule has 2 aromatic carbocycles. The third-order valence-electron chi connectivity index (χ3n) is 13.1. The van der Waals surface area contributed by atoms with Crippen LogP contribution in [0.2, 0.25) is 5.02 Å². The van der Waals surface area contributed by atoms with Crippen molar-refractivity contribution in [1.29, 1.82) is 0 Å². The summed E-state index contributed by atoms with van der Waals surface area (Å²) in [5.41, 5.74) is 1.63. The van der Waals surface area contributed by atoms with Gasteiger partial charge >= 0.3 is 0 Å². The van der Waals surface area contributed by atoms with Crippen LogP contribution in [0.3, 0.4) is 0 Å². The van der Waals surface area contributed by atoms with E-state index in [4.69, 9.17) is 21.4 Å². The average Bonchev–Trinajstić information content (AvgIpc) is 3.83. The number of rotatable bonds is 6. The Kier molecular flexibility index (Phi) is 8.35. The fourth-order valence-electron chi connectivity index (χ4n) is 10.6. The number of hydrogen-bond donors (Lipinski definition) is 1. The number of para-hydroxylation sites is 1. The predicted octanol–water partition coefficient (Wildman–Crippen LogP) is 7.93. The number of hydrogen-bond acceptors (Lipinski definition) is 8. The minimum Gasteiger partial charge on any atom is -0.504 e. The summed E-state index contributed by atoms with van der Waals surface area (Å²) < 4.78 is 8.44. The number of anilines is 1. The number of aryl methyl sites for hydroxylation is 2. The number of likely N-dealkylation sites (tertiary alicyclic amines) is 1. The molecule has 6 atom stereocenters. The van der Waals surface area contributed by atoms with Crippen molar-refractivity contribution >= 4 is 62.5 Å². The van der Waals surface area contributed by atoms with Gasteiger partial charge in [-0.25, -0.2) is 4.90 Å². The molecule has 9 rings (SSSR count). The number of nitrogens with zero attached hydrogens (tertiary/aromatic N) is 4. The number of imide groups is 2. The number of carbonyl (C=O) groups is 4. The van der Waals surface area contributed by atoms with Crippen LogP contribution < -0.4 is 9.64 Å². The van der Waals surface area contributed by atoms with E-state index in [0.29, 0.717) is 35.1 Å². The zero-order valence-corrected chi connectivity index (χ0v) is 32.4.